The number of fused-ring (bicyclic) bond motifs is 3. The van der Waals surface area contributed by atoms with E-state index in [4.69, 9.17) is 0 Å². The van der Waals surface area contributed by atoms with Gasteiger partial charge in [0.05, 0.1) is 11.0 Å². The fourth-order valence-corrected chi connectivity index (χ4v) is 6.58. The van der Waals surface area contributed by atoms with E-state index in [1.165, 1.54) is 27.5 Å². The predicted octanol–water partition coefficient (Wildman–Crippen LogP) is 12.0. The van der Waals surface area contributed by atoms with Gasteiger partial charge < -0.3 is 9.88 Å². The number of anilines is 2. The lowest BCUT2D eigenvalue weighted by Crippen LogP contribution is -2.28. The lowest BCUT2D eigenvalue weighted by atomic mass is 9.82. The molecule has 0 amide bonds. The molecule has 5 aromatic rings. The van der Waals surface area contributed by atoms with Gasteiger partial charge >= 0.3 is 0 Å². The molecule has 4 aromatic carbocycles. The molecule has 1 N–H and O–H groups in total. The summed E-state index contributed by atoms with van der Waals surface area (Å²) in [7, 11) is 0. The Bertz CT molecular complexity index is 2120. The third-order valence-corrected chi connectivity index (χ3v) is 8.83. The van der Waals surface area contributed by atoms with Crippen LogP contribution >= 0.6 is 0 Å². The summed E-state index contributed by atoms with van der Waals surface area (Å²) in [6, 6.07) is 32.0. The second kappa shape index (κ2) is 16.5. The standard InChI is InChI=1S/C25H23N.C20H21N.C2H6/c1-5-17-11-12-19(15-18(17)6-2)26-20-13-14-22-21-9-7-8-10-23(21)25(3,4)24(22)16-20;1-5-12-19-17(7-3)18(8-4)20(13-6-2)21(19)16-14-10-9-11-15-16;1-2/h5-16,26H,1-2H2,3-4H3;5-15H,1,4H2,2-3H3;1-2H3/b;13-6-,17-7-,19-12+;. The van der Waals surface area contributed by atoms with E-state index in [-0.39, 0.29) is 5.41 Å². The van der Waals surface area contributed by atoms with Gasteiger partial charge in [0.1, 0.15) is 0 Å². The summed E-state index contributed by atoms with van der Waals surface area (Å²) in [4.78, 5) is 0. The molecule has 0 spiro atoms. The average molecular weight is 643 g/mol. The summed E-state index contributed by atoms with van der Waals surface area (Å²) in [5.74, 6) is 0. The molecule has 1 heterocycles. The first-order valence-corrected chi connectivity index (χ1v) is 17.1. The zero-order chi connectivity index (χ0) is 35.6. The predicted molar refractivity (Wildman–Crippen MR) is 220 cm³/mol. The molecule has 6 rings (SSSR count). The van der Waals surface area contributed by atoms with E-state index in [9.17, 15) is 0 Å². The van der Waals surface area contributed by atoms with Gasteiger partial charge in [-0.15, -0.1) is 0 Å². The van der Waals surface area contributed by atoms with E-state index in [0.717, 1.165) is 44.8 Å². The Kier molecular flexibility index (Phi) is 12.2. The first kappa shape index (κ1) is 36.2. The Balaban J connectivity index is 0.000000215. The van der Waals surface area contributed by atoms with Crippen molar-refractivity contribution in [2.45, 2.75) is 47.0 Å². The van der Waals surface area contributed by atoms with Crippen molar-refractivity contribution in [3.63, 3.8) is 0 Å². The zero-order valence-electron chi connectivity index (χ0n) is 30.1. The third-order valence-electron chi connectivity index (χ3n) is 8.83. The maximum atomic E-state index is 3.98. The molecule has 0 fully saturated rings. The minimum Gasteiger partial charge on any atom is -0.355 e. The maximum absolute atomic E-state index is 3.98. The van der Waals surface area contributed by atoms with E-state index in [1.807, 2.05) is 57.2 Å². The van der Waals surface area contributed by atoms with Gasteiger partial charge in [-0.2, -0.15) is 0 Å². The van der Waals surface area contributed by atoms with E-state index in [0.29, 0.717) is 0 Å². The highest BCUT2D eigenvalue weighted by Crippen LogP contribution is 2.49. The van der Waals surface area contributed by atoms with Crippen molar-refractivity contribution >= 4 is 47.8 Å². The third kappa shape index (κ3) is 7.29. The van der Waals surface area contributed by atoms with Crippen LogP contribution in [0, 0.1) is 0 Å². The Morgan fingerprint density at radius 3 is 1.94 bits per heavy atom. The van der Waals surface area contributed by atoms with E-state index >= 15 is 0 Å². The second-order valence-electron chi connectivity index (χ2n) is 12.0. The van der Waals surface area contributed by atoms with Crippen molar-refractivity contribution in [3.8, 4) is 16.8 Å². The van der Waals surface area contributed by atoms with Gasteiger partial charge in [0.25, 0.3) is 0 Å². The molecule has 1 aliphatic carbocycles. The average Bonchev–Trinajstić information content (AvgIpc) is 3.56. The number of aromatic nitrogens is 1. The summed E-state index contributed by atoms with van der Waals surface area (Å²) >= 11 is 0. The molecular formula is C47H50N2. The van der Waals surface area contributed by atoms with Crippen LogP contribution in [-0.4, -0.2) is 4.57 Å². The SMILES string of the molecule is C=C/C=c1\c(=C/C)c(C=C)c(/C=C\C)n1-c1ccccc1.C=Cc1ccc(Nc2ccc3c(c2)C(C)(C)c2ccccc2-3)cc1C=C.CC. The lowest BCUT2D eigenvalue weighted by molar-refractivity contribution is 0.660. The van der Waals surface area contributed by atoms with Gasteiger partial charge in [0.15, 0.2) is 0 Å². The molecule has 0 unspecified atom stereocenters. The number of benzene rings is 4. The van der Waals surface area contributed by atoms with Crippen LogP contribution in [0.3, 0.4) is 0 Å². The van der Waals surface area contributed by atoms with Crippen LogP contribution in [0.15, 0.2) is 129 Å². The number of nitrogens with zero attached hydrogens (tertiary/aromatic N) is 1. The summed E-state index contributed by atoms with van der Waals surface area (Å²) in [5, 5.41) is 5.85. The minimum absolute atomic E-state index is 0.0165. The first-order valence-electron chi connectivity index (χ1n) is 17.1. The molecular weight excluding hydrogens is 593 g/mol. The molecule has 0 saturated carbocycles. The van der Waals surface area contributed by atoms with Crippen molar-refractivity contribution in [1.82, 2.24) is 4.57 Å². The highest BCUT2D eigenvalue weighted by molar-refractivity contribution is 5.83. The molecule has 0 saturated heterocycles. The van der Waals surface area contributed by atoms with Crippen molar-refractivity contribution in [3.05, 3.63) is 174 Å². The van der Waals surface area contributed by atoms with Crippen LogP contribution < -0.4 is 15.9 Å². The Hall–Kier alpha value is -5.60. The highest BCUT2D eigenvalue weighted by Gasteiger charge is 2.35. The zero-order valence-corrected chi connectivity index (χ0v) is 30.1. The van der Waals surface area contributed by atoms with Crippen LogP contribution in [0.5, 0.6) is 0 Å². The normalized spacial score (nSPS) is 12.9. The molecule has 248 valence electrons. The fraction of sp³-hybridized carbons (Fsp3) is 0.149. The number of hydrogen-bond acceptors (Lipinski definition) is 1. The van der Waals surface area contributed by atoms with Crippen molar-refractivity contribution in [1.29, 1.82) is 0 Å². The lowest BCUT2D eigenvalue weighted by Gasteiger charge is -2.22. The summed E-state index contributed by atoms with van der Waals surface area (Å²) in [5.41, 5.74) is 13.2. The van der Waals surface area contributed by atoms with Crippen molar-refractivity contribution < 1.29 is 0 Å². The number of para-hydroxylation sites is 1. The van der Waals surface area contributed by atoms with Crippen LogP contribution in [0.2, 0.25) is 0 Å². The first-order chi connectivity index (χ1) is 23.8. The van der Waals surface area contributed by atoms with Crippen LogP contribution in [0.25, 0.3) is 53.3 Å². The van der Waals surface area contributed by atoms with Crippen LogP contribution in [0.4, 0.5) is 11.4 Å². The topological polar surface area (TPSA) is 17.0 Å². The van der Waals surface area contributed by atoms with Gasteiger partial charge in [-0.05, 0) is 95.8 Å². The molecule has 1 aliphatic rings. The Morgan fingerprint density at radius 2 is 1.31 bits per heavy atom. The van der Waals surface area contributed by atoms with Crippen molar-refractivity contribution in [2.24, 2.45) is 0 Å². The minimum atomic E-state index is 0.0165. The largest absolute Gasteiger partial charge is 0.355 e. The summed E-state index contributed by atoms with van der Waals surface area (Å²) < 4.78 is 2.24. The Morgan fingerprint density at radius 1 is 0.673 bits per heavy atom. The van der Waals surface area contributed by atoms with Crippen LogP contribution in [-0.2, 0) is 5.41 Å². The van der Waals surface area contributed by atoms with Gasteiger partial charge in [-0.1, -0.05) is 145 Å². The number of allylic oxidation sites excluding steroid dienone is 2. The molecule has 0 bridgehead atoms. The number of nitrogens with one attached hydrogen (secondary N) is 1. The van der Waals surface area contributed by atoms with E-state index < -0.39 is 0 Å². The monoisotopic (exact) mass is 642 g/mol. The highest BCUT2D eigenvalue weighted by atomic mass is 15.0. The quantitative estimate of drug-likeness (QED) is 0.178. The fourth-order valence-electron chi connectivity index (χ4n) is 6.58. The summed E-state index contributed by atoms with van der Waals surface area (Å²) in [6.45, 7) is 28.3. The molecule has 0 atom stereocenters. The summed E-state index contributed by atoms with van der Waals surface area (Å²) in [6.07, 6.45) is 15.8. The maximum Gasteiger partial charge on any atom is 0.0537 e. The molecule has 2 nitrogen and oxygen atoms in total. The van der Waals surface area contributed by atoms with Gasteiger partial charge in [0, 0.05) is 33.3 Å². The molecule has 0 radical (unpaired) electrons. The molecule has 1 aromatic heterocycles. The van der Waals surface area contributed by atoms with Crippen LogP contribution in [0.1, 0.15) is 75.1 Å². The number of rotatable bonds is 8. The van der Waals surface area contributed by atoms with Gasteiger partial charge in [-0.25, -0.2) is 0 Å². The van der Waals surface area contributed by atoms with Gasteiger partial charge in [-0.3, -0.25) is 0 Å². The second-order valence-corrected chi connectivity index (χ2v) is 12.0. The Labute approximate surface area is 294 Å². The molecule has 0 aliphatic heterocycles. The molecule has 2 heteroatoms. The molecule has 49 heavy (non-hydrogen) atoms. The van der Waals surface area contributed by atoms with Gasteiger partial charge in [0.2, 0.25) is 0 Å². The smallest absolute Gasteiger partial charge is 0.0537 e. The van der Waals surface area contributed by atoms with E-state index in [1.54, 1.807) is 0 Å². The van der Waals surface area contributed by atoms with Crippen molar-refractivity contribution in [2.75, 3.05) is 5.32 Å². The number of hydrogen-bond donors (Lipinski definition) is 1. The van der Waals surface area contributed by atoms with E-state index in [2.05, 4.69) is 160 Å².